The number of halogens is 2. The molecule has 0 fully saturated rings. The lowest BCUT2D eigenvalue weighted by Crippen LogP contribution is -1.86. The fraction of sp³-hybridized carbons (Fsp3) is 0. The Bertz CT molecular complexity index is 537. The van der Waals surface area contributed by atoms with Crippen LogP contribution in [0.15, 0.2) is 42.5 Å². The van der Waals surface area contributed by atoms with Gasteiger partial charge in [-0.05, 0) is 17.7 Å². The van der Waals surface area contributed by atoms with E-state index in [1.165, 1.54) is 11.4 Å². The average Bonchev–Trinajstić information content (AvgIpc) is 2.30. The summed E-state index contributed by atoms with van der Waals surface area (Å²) in [5, 5.41) is 2.04. The summed E-state index contributed by atoms with van der Waals surface area (Å²) in [7, 11) is 0. The van der Waals surface area contributed by atoms with E-state index in [2.05, 4.69) is 0 Å². The topological polar surface area (TPSA) is 0 Å². The second kappa shape index (κ2) is 4.73. The van der Waals surface area contributed by atoms with Crippen LogP contribution in [0, 0.1) is 5.82 Å². The minimum atomic E-state index is -0.278. The first-order chi connectivity index (χ1) is 7.72. The lowest BCUT2D eigenvalue weighted by Gasteiger charge is -2.06. The minimum absolute atomic E-state index is 0.278. The highest BCUT2D eigenvalue weighted by Crippen LogP contribution is 2.30. The van der Waals surface area contributed by atoms with Crippen molar-refractivity contribution in [1.82, 2.24) is 0 Å². The molecule has 16 heavy (non-hydrogen) atoms. The van der Waals surface area contributed by atoms with Crippen LogP contribution in [0.3, 0.4) is 0 Å². The smallest absolute Gasteiger partial charge is 0.131 e. The Balaban J connectivity index is 2.57. The molecule has 0 spiro atoms. The third-order valence-corrected chi connectivity index (χ3v) is 2.88. The summed E-state index contributed by atoms with van der Waals surface area (Å²) >= 11 is 10.9. The Morgan fingerprint density at radius 2 is 1.81 bits per heavy atom. The largest absolute Gasteiger partial charge is 0.206 e. The van der Waals surface area contributed by atoms with Gasteiger partial charge in [0.15, 0.2) is 0 Å². The molecular weight excluding hydrogens is 243 g/mol. The van der Waals surface area contributed by atoms with Gasteiger partial charge in [0.2, 0.25) is 0 Å². The fourth-order valence-corrected chi connectivity index (χ4v) is 1.94. The molecule has 0 unspecified atom stereocenters. The quantitative estimate of drug-likeness (QED) is 0.708. The number of benzene rings is 2. The summed E-state index contributed by atoms with van der Waals surface area (Å²) in [4.78, 5) is 0. The molecule has 0 aliphatic rings. The summed E-state index contributed by atoms with van der Waals surface area (Å²) in [5.41, 5.74) is 2.03. The van der Waals surface area contributed by atoms with Crippen molar-refractivity contribution in [2.24, 2.45) is 0 Å². The molecule has 0 atom stereocenters. The SMILES string of the molecule is Fc1ccccc1-c1ccc(C=S)cc1Cl. The van der Waals surface area contributed by atoms with E-state index < -0.39 is 0 Å². The van der Waals surface area contributed by atoms with Crippen LogP contribution in [0.2, 0.25) is 5.02 Å². The summed E-state index contributed by atoms with van der Waals surface area (Å²) in [5.74, 6) is -0.278. The third kappa shape index (κ3) is 2.13. The Labute approximate surface area is 104 Å². The fourth-order valence-electron chi connectivity index (χ4n) is 1.50. The van der Waals surface area contributed by atoms with Crippen LogP contribution in [0.25, 0.3) is 11.1 Å². The predicted octanol–water partition coefficient (Wildman–Crippen LogP) is 4.49. The van der Waals surface area contributed by atoms with Crippen molar-refractivity contribution < 1.29 is 4.39 Å². The Morgan fingerprint density at radius 1 is 1.06 bits per heavy atom. The zero-order valence-corrected chi connectivity index (χ0v) is 9.86. The molecular formula is C13H8ClFS. The zero-order chi connectivity index (χ0) is 11.5. The van der Waals surface area contributed by atoms with E-state index in [9.17, 15) is 4.39 Å². The first kappa shape index (κ1) is 11.2. The van der Waals surface area contributed by atoms with E-state index in [0.29, 0.717) is 16.1 Å². The van der Waals surface area contributed by atoms with Crippen molar-refractivity contribution in [3.63, 3.8) is 0 Å². The van der Waals surface area contributed by atoms with Gasteiger partial charge in [0.25, 0.3) is 0 Å². The molecule has 0 aliphatic heterocycles. The number of thiocarbonyl (C=S) groups is 1. The molecule has 80 valence electrons. The molecule has 0 heterocycles. The van der Waals surface area contributed by atoms with Gasteiger partial charge in [-0.3, -0.25) is 0 Å². The molecule has 0 aliphatic carbocycles. The van der Waals surface area contributed by atoms with E-state index in [4.69, 9.17) is 23.8 Å². The van der Waals surface area contributed by atoms with Crippen molar-refractivity contribution in [1.29, 1.82) is 0 Å². The maximum Gasteiger partial charge on any atom is 0.131 e. The molecule has 2 rings (SSSR count). The van der Waals surface area contributed by atoms with Gasteiger partial charge in [0.05, 0.1) is 0 Å². The highest BCUT2D eigenvalue weighted by Gasteiger charge is 2.07. The molecule has 2 aromatic rings. The molecule has 0 saturated heterocycles. The zero-order valence-electron chi connectivity index (χ0n) is 8.28. The second-order valence-corrected chi connectivity index (χ2v) is 3.98. The molecule has 0 N–H and O–H groups in total. The summed E-state index contributed by atoms with van der Waals surface area (Å²) in [6.45, 7) is 0. The molecule has 0 nitrogen and oxygen atoms in total. The van der Waals surface area contributed by atoms with Gasteiger partial charge in [-0.25, -0.2) is 4.39 Å². The van der Waals surface area contributed by atoms with Crippen molar-refractivity contribution in [2.75, 3.05) is 0 Å². The van der Waals surface area contributed by atoms with E-state index in [-0.39, 0.29) is 5.82 Å². The van der Waals surface area contributed by atoms with E-state index >= 15 is 0 Å². The van der Waals surface area contributed by atoms with Crippen molar-refractivity contribution in [3.05, 3.63) is 58.9 Å². The second-order valence-electron chi connectivity index (χ2n) is 3.34. The maximum absolute atomic E-state index is 13.6. The lowest BCUT2D eigenvalue weighted by atomic mass is 10.0. The van der Waals surface area contributed by atoms with Gasteiger partial charge in [0.1, 0.15) is 5.82 Å². The van der Waals surface area contributed by atoms with E-state index in [1.807, 2.05) is 6.07 Å². The van der Waals surface area contributed by atoms with Crippen LogP contribution in [0.4, 0.5) is 4.39 Å². The molecule has 0 aromatic heterocycles. The highest BCUT2D eigenvalue weighted by molar-refractivity contribution is 7.79. The molecule has 0 saturated carbocycles. The van der Waals surface area contributed by atoms with Crippen LogP contribution in [-0.2, 0) is 0 Å². The van der Waals surface area contributed by atoms with Crippen LogP contribution < -0.4 is 0 Å². The van der Waals surface area contributed by atoms with E-state index in [1.54, 1.807) is 30.3 Å². The van der Waals surface area contributed by atoms with Crippen molar-refractivity contribution in [3.8, 4) is 11.1 Å². The van der Waals surface area contributed by atoms with Gasteiger partial charge >= 0.3 is 0 Å². The van der Waals surface area contributed by atoms with Gasteiger partial charge < -0.3 is 0 Å². The lowest BCUT2D eigenvalue weighted by molar-refractivity contribution is 0.631. The first-order valence-corrected chi connectivity index (χ1v) is 5.57. The normalized spacial score (nSPS) is 10.1. The number of rotatable bonds is 2. The van der Waals surface area contributed by atoms with Gasteiger partial charge in [-0.15, -0.1) is 0 Å². The van der Waals surface area contributed by atoms with Crippen molar-refractivity contribution in [2.45, 2.75) is 0 Å². The molecule has 0 radical (unpaired) electrons. The number of hydrogen-bond donors (Lipinski definition) is 0. The Kier molecular flexibility index (Phi) is 3.32. The molecule has 3 heteroatoms. The van der Waals surface area contributed by atoms with Crippen LogP contribution in [-0.4, -0.2) is 5.37 Å². The monoisotopic (exact) mass is 250 g/mol. The van der Waals surface area contributed by atoms with Crippen molar-refractivity contribution >= 4 is 29.2 Å². The Hall–Kier alpha value is -1.25. The van der Waals surface area contributed by atoms with Gasteiger partial charge in [0, 0.05) is 21.5 Å². The standard InChI is InChI=1S/C13H8ClFS/c14-12-7-9(8-16)5-6-10(12)11-3-1-2-4-13(11)15/h1-8H. The maximum atomic E-state index is 13.6. The third-order valence-electron chi connectivity index (χ3n) is 2.29. The van der Waals surface area contributed by atoms with Gasteiger partial charge in [-0.2, -0.15) is 0 Å². The van der Waals surface area contributed by atoms with Crippen LogP contribution in [0.5, 0.6) is 0 Å². The predicted molar refractivity (Wildman–Crippen MR) is 69.6 cm³/mol. The summed E-state index contributed by atoms with van der Waals surface area (Å²) in [6, 6.07) is 11.9. The molecule has 2 aromatic carbocycles. The molecule has 0 bridgehead atoms. The van der Waals surface area contributed by atoms with E-state index in [0.717, 1.165) is 5.56 Å². The summed E-state index contributed by atoms with van der Waals surface area (Å²) in [6.07, 6.45) is 0. The molecule has 0 amide bonds. The average molecular weight is 251 g/mol. The van der Waals surface area contributed by atoms with Gasteiger partial charge in [-0.1, -0.05) is 54.2 Å². The first-order valence-electron chi connectivity index (χ1n) is 4.72. The van der Waals surface area contributed by atoms with Crippen LogP contribution >= 0.6 is 23.8 Å². The number of hydrogen-bond acceptors (Lipinski definition) is 1. The Morgan fingerprint density at radius 3 is 2.44 bits per heavy atom. The minimum Gasteiger partial charge on any atom is -0.206 e. The van der Waals surface area contributed by atoms with Crippen LogP contribution in [0.1, 0.15) is 5.56 Å². The summed E-state index contributed by atoms with van der Waals surface area (Å²) < 4.78 is 13.6. The highest BCUT2D eigenvalue weighted by atomic mass is 35.5.